The molecule has 0 aliphatic carbocycles. The molecule has 0 radical (unpaired) electrons. The minimum atomic E-state index is 0.423. The molecule has 13 heavy (non-hydrogen) atoms. The van der Waals surface area contributed by atoms with Crippen LogP contribution in [0.1, 0.15) is 5.76 Å². The number of hydrogen-bond acceptors (Lipinski definition) is 3. The monoisotopic (exact) mass is 177 g/mol. The lowest BCUT2D eigenvalue weighted by Crippen LogP contribution is -1.92. The molecule has 2 aromatic rings. The van der Waals surface area contributed by atoms with Gasteiger partial charge in [-0.2, -0.15) is 0 Å². The summed E-state index contributed by atoms with van der Waals surface area (Å²) in [5, 5.41) is 0. The Morgan fingerprint density at radius 2 is 2.38 bits per heavy atom. The maximum absolute atomic E-state index is 5.43. The second kappa shape index (κ2) is 3.06. The fourth-order valence-electron chi connectivity index (χ4n) is 1.17. The molecule has 4 nitrogen and oxygen atoms in total. The number of furan rings is 1. The third kappa shape index (κ3) is 1.48. The normalized spacial score (nSPS) is 10.6. The highest BCUT2D eigenvalue weighted by atomic mass is 16.3. The molecular weight excluding hydrogens is 166 g/mol. The van der Waals surface area contributed by atoms with Gasteiger partial charge in [0.15, 0.2) is 5.76 Å². The summed E-state index contributed by atoms with van der Waals surface area (Å²) in [6, 6.07) is 3.74. The van der Waals surface area contributed by atoms with Gasteiger partial charge in [0, 0.05) is 13.2 Å². The van der Waals surface area contributed by atoms with Gasteiger partial charge in [-0.15, -0.1) is 0 Å². The molecule has 0 bridgehead atoms. The Labute approximate surface area is 76.0 Å². The Bertz CT molecular complexity index is 402. The lowest BCUT2D eigenvalue weighted by atomic mass is 10.3. The minimum Gasteiger partial charge on any atom is -0.458 e. The van der Waals surface area contributed by atoms with Crippen molar-refractivity contribution in [3.8, 4) is 11.5 Å². The molecular formula is C9H11N3O. The summed E-state index contributed by atoms with van der Waals surface area (Å²) in [4.78, 5) is 4.16. The molecule has 4 heteroatoms. The third-order valence-corrected chi connectivity index (χ3v) is 1.82. The molecule has 2 aromatic heterocycles. The maximum Gasteiger partial charge on any atom is 0.154 e. The van der Waals surface area contributed by atoms with Crippen LogP contribution in [-0.2, 0) is 13.6 Å². The smallest absolute Gasteiger partial charge is 0.154 e. The van der Waals surface area contributed by atoms with E-state index in [-0.39, 0.29) is 0 Å². The van der Waals surface area contributed by atoms with E-state index in [4.69, 9.17) is 10.2 Å². The van der Waals surface area contributed by atoms with Crippen molar-refractivity contribution in [2.75, 3.05) is 0 Å². The average molecular weight is 177 g/mol. The van der Waals surface area contributed by atoms with Gasteiger partial charge in [0.2, 0.25) is 0 Å². The Morgan fingerprint density at radius 3 is 2.92 bits per heavy atom. The SMILES string of the molecule is Cn1cnc(-c2ccc(CN)o2)c1. The molecule has 0 aliphatic rings. The van der Waals surface area contributed by atoms with Crippen LogP contribution in [0.4, 0.5) is 0 Å². The van der Waals surface area contributed by atoms with E-state index in [0.29, 0.717) is 6.54 Å². The van der Waals surface area contributed by atoms with Gasteiger partial charge >= 0.3 is 0 Å². The molecule has 0 aromatic carbocycles. The van der Waals surface area contributed by atoms with Gasteiger partial charge in [-0.3, -0.25) is 0 Å². The van der Waals surface area contributed by atoms with E-state index in [0.717, 1.165) is 17.2 Å². The Hall–Kier alpha value is -1.55. The van der Waals surface area contributed by atoms with Crippen LogP contribution in [0, 0.1) is 0 Å². The molecule has 0 spiro atoms. The third-order valence-electron chi connectivity index (χ3n) is 1.82. The molecule has 0 fully saturated rings. The lowest BCUT2D eigenvalue weighted by molar-refractivity contribution is 0.524. The van der Waals surface area contributed by atoms with Gasteiger partial charge in [-0.05, 0) is 12.1 Å². The quantitative estimate of drug-likeness (QED) is 0.748. The van der Waals surface area contributed by atoms with Crippen molar-refractivity contribution >= 4 is 0 Å². The number of aromatic nitrogens is 2. The number of rotatable bonds is 2. The van der Waals surface area contributed by atoms with Crippen molar-refractivity contribution in [1.29, 1.82) is 0 Å². The number of hydrogen-bond donors (Lipinski definition) is 1. The summed E-state index contributed by atoms with van der Waals surface area (Å²) in [7, 11) is 1.92. The minimum absolute atomic E-state index is 0.423. The van der Waals surface area contributed by atoms with Gasteiger partial charge < -0.3 is 14.7 Å². The van der Waals surface area contributed by atoms with Crippen molar-refractivity contribution < 1.29 is 4.42 Å². The van der Waals surface area contributed by atoms with Crippen LogP contribution in [0.3, 0.4) is 0 Å². The predicted molar refractivity (Wildman–Crippen MR) is 48.8 cm³/mol. The molecule has 0 atom stereocenters. The highest BCUT2D eigenvalue weighted by molar-refractivity contribution is 5.50. The van der Waals surface area contributed by atoms with Crippen LogP contribution in [0.15, 0.2) is 29.1 Å². The molecule has 2 N–H and O–H groups in total. The maximum atomic E-state index is 5.43. The van der Waals surface area contributed by atoms with Gasteiger partial charge in [0.25, 0.3) is 0 Å². The highest BCUT2D eigenvalue weighted by Crippen LogP contribution is 2.19. The van der Waals surface area contributed by atoms with Crippen LogP contribution in [0.2, 0.25) is 0 Å². The number of aryl methyl sites for hydroxylation is 1. The van der Waals surface area contributed by atoms with E-state index in [2.05, 4.69) is 4.98 Å². The van der Waals surface area contributed by atoms with E-state index >= 15 is 0 Å². The standard InChI is InChI=1S/C9H11N3O/c1-12-5-8(11-6-12)9-3-2-7(4-10)13-9/h2-3,5-6H,4,10H2,1H3. The Balaban J connectivity index is 2.35. The van der Waals surface area contributed by atoms with E-state index < -0.39 is 0 Å². The second-order valence-corrected chi connectivity index (χ2v) is 2.89. The summed E-state index contributed by atoms with van der Waals surface area (Å²) in [6.45, 7) is 0.423. The number of nitrogens with two attached hydrogens (primary N) is 1. The van der Waals surface area contributed by atoms with Crippen molar-refractivity contribution in [1.82, 2.24) is 9.55 Å². The van der Waals surface area contributed by atoms with Crippen molar-refractivity contribution in [3.63, 3.8) is 0 Å². The highest BCUT2D eigenvalue weighted by Gasteiger charge is 2.05. The fourth-order valence-corrected chi connectivity index (χ4v) is 1.17. The molecule has 2 heterocycles. The predicted octanol–water partition coefficient (Wildman–Crippen LogP) is 1.14. The number of nitrogens with zero attached hydrogens (tertiary/aromatic N) is 2. The van der Waals surface area contributed by atoms with Crippen LogP contribution >= 0.6 is 0 Å². The van der Waals surface area contributed by atoms with Crippen molar-refractivity contribution in [2.45, 2.75) is 6.54 Å². The van der Waals surface area contributed by atoms with Crippen LogP contribution in [0.25, 0.3) is 11.5 Å². The van der Waals surface area contributed by atoms with E-state index in [1.54, 1.807) is 6.33 Å². The summed E-state index contributed by atoms with van der Waals surface area (Å²) < 4.78 is 7.31. The van der Waals surface area contributed by atoms with Gasteiger partial charge in [-0.1, -0.05) is 0 Å². The summed E-state index contributed by atoms with van der Waals surface area (Å²) in [5.41, 5.74) is 6.26. The van der Waals surface area contributed by atoms with Crippen LogP contribution < -0.4 is 5.73 Å². The lowest BCUT2D eigenvalue weighted by Gasteiger charge is -1.89. The Morgan fingerprint density at radius 1 is 1.54 bits per heavy atom. The zero-order chi connectivity index (χ0) is 9.26. The molecule has 0 saturated heterocycles. The topological polar surface area (TPSA) is 57.0 Å². The van der Waals surface area contributed by atoms with Gasteiger partial charge in [0.05, 0.1) is 12.9 Å². The molecule has 0 amide bonds. The summed E-state index contributed by atoms with van der Waals surface area (Å²) >= 11 is 0. The molecule has 0 saturated carbocycles. The Kier molecular flexibility index (Phi) is 1.90. The van der Waals surface area contributed by atoms with Gasteiger partial charge in [0.1, 0.15) is 11.5 Å². The van der Waals surface area contributed by atoms with E-state index in [9.17, 15) is 0 Å². The molecule has 68 valence electrons. The second-order valence-electron chi connectivity index (χ2n) is 2.89. The molecule has 0 aliphatic heterocycles. The zero-order valence-corrected chi connectivity index (χ0v) is 7.40. The first-order chi connectivity index (χ1) is 6.29. The zero-order valence-electron chi connectivity index (χ0n) is 7.40. The van der Waals surface area contributed by atoms with E-state index in [1.807, 2.05) is 29.9 Å². The van der Waals surface area contributed by atoms with Crippen molar-refractivity contribution in [2.24, 2.45) is 12.8 Å². The molecule has 2 rings (SSSR count). The van der Waals surface area contributed by atoms with Crippen LogP contribution in [-0.4, -0.2) is 9.55 Å². The van der Waals surface area contributed by atoms with Gasteiger partial charge in [-0.25, -0.2) is 4.98 Å². The first-order valence-corrected chi connectivity index (χ1v) is 4.06. The van der Waals surface area contributed by atoms with E-state index in [1.165, 1.54) is 0 Å². The average Bonchev–Trinajstić information content (AvgIpc) is 2.71. The summed E-state index contributed by atoms with van der Waals surface area (Å²) in [5.74, 6) is 1.54. The fraction of sp³-hybridized carbons (Fsp3) is 0.222. The number of imidazole rings is 1. The first-order valence-electron chi connectivity index (χ1n) is 4.06. The summed E-state index contributed by atoms with van der Waals surface area (Å²) in [6.07, 6.45) is 3.64. The van der Waals surface area contributed by atoms with Crippen LogP contribution in [0.5, 0.6) is 0 Å². The molecule has 0 unspecified atom stereocenters. The van der Waals surface area contributed by atoms with Crippen molar-refractivity contribution in [3.05, 3.63) is 30.4 Å². The largest absolute Gasteiger partial charge is 0.458 e. The first kappa shape index (κ1) is 8.07.